The van der Waals surface area contributed by atoms with Crippen LogP contribution in [0.4, 0.5) is 5.82 Å². The van der Waals surface area contributed by atoms with E-state index in [1.54, 1.807) is 4.68 Å². The Morgan fingerprint density at radius 2 is 2.42 bits per heavy atom. The molecule has 1 aliphatic rings. The van der Waals surface area contributed by atoms with Gasteiger partial charge in [-0.25, -0.2) is 4.68 Å². The number of hydrogen-bond acceptors (Lipinski definition) is 3. The zero-order valence-electron chi connectivity index (χ0n) is 6.91. The molecule has 1 fully saturated rings. The first kappa shape index (κ1) is 7.17. The van der Waals surface area contributed by atoms with Crippen LogP contribution in [0.25, 0.3) is 0 Å². The van der Waals surface area contributed by atoms with Crippen molar-refractivity contribution >= 4 is 5.82 Å². The first-order chi connectivity index (χ1) is 5.67. The first-order valence-electron chi connectivity index (χ1n) is 3.91. The van der Waals surface area contributed by atoms with Crippen LogP contribution in [0.3, 0.4) is 0 Å². The summed E-state index contributed by atoms with van der Waals surface area (Å²) in [4.78, 5) is 0. The summed E-state index contributed by atoms with van der Waals surface area (Å²) in [6, 6.07) is 2.01. The van der Waals surface area contributed by atoms with Gasteiger partial charge in [0.1, 0.15) is 17.5 Å². The number of nitrogens with two attached hydrogens (primary N) is 1. The smallest absolute Gasteiger partial charge is 0.140 e. The number of anilines is 1. The number of hydrogen-bond donors (Lipinski definition) is 1. The van der Waals surface area contributed by atoms with Crippen molar-refractivity contribution in [3.05, 3.63) is 11.8 Å². The molecule has 2 N–H and O–H groups in total. The second-order valence-electron chi connectivity index (χ2n) is 3.46. The minimum atomic E-state index is 0.0825. The van der Waals surface area contributed by atoms with E-state index in [1.807, 2.05) is 6.07 Å². The monoisotopic (exact) mass is 162 g/mol. The molecule has 4 nitrogen and oxygen atoms in total. The van der Waals surface area contributed by atoms with Crippen molar-refractivity contribution in [1.29, 1.82) is 5.26 Å². The number of nitrogen functional groups attached to an aromatic ring is 1. The highest BCUT2D eigenvalue weighted by atomic mass is 15.4. The predicted molar refractivity (Wildman–Crippen MR) is 44.2 cm³/mol. The van der Waals surface area contributed by atoms with Gasteiger partial charge in [0.05, 0.1) is 11.7 Å². The molecule has 12 heavy (non-hydrogen) atoms. The Morgan fingerprint density at radius 1 is 1.75 bits per heavy atom. The van der Waals surface area contributed by atoms with Crippen LogP contribution in [0, 0.1) is 11.3 Å². The molecule has 2 rings (SSSR count). The molecular weight excluding hydrogens is 152 g/mol. The van der Waals surface area contributed by atoms with Gasteiger partial charge in [0.2, 0.25) is 0 Å². The summed E-state index contributed by atoms with van der Waals surface area (Å²) in [5, 5.41) is 12.7. The van der Waals surface area contributed by atoms with Crippen LogP contribution >= 0.6 is 0 Å². The number of rotatable bonds is 1. The first-order valence-corrected chi connectivity index (χ1v) is 3.91. The molecule has 0 bridgehead atoms. The van der Waals surface area contributed by atoms with E-state index >= 15 is 0 Å². The third-order valence-corrected chi connectivity index (χ3v) is 2.41. The van der Waals surface area contributed by atoms with E-state index in [4.69, 9.17) is 11.0 Å². The molecule has 0 unspecified atom stereocenters. The Hall–Kier alpha value is -1.50. The second-order valence-corrected chi connectivity index (χ2v) is 3.46. The molecule has 0 radical (unpaired) electrons. The van der Waals surface area contributed by atoms with Crippen LogP contribution in [-0.4, -0.2) is 9.78 Å². The normalized spacial score (nSPS) is 18.7. The van der Waals surface area contributed by atoms with Gasteiger partial charge in [-0.15, -0.1) is 0 Å². The van der Waals surface area contributed by atoms with Crippen LogP contribution in [0.2, 0.25) is 0 Å². The minimum Gasteiger partial charge on any atom is -0.383 e. The quantitative estimate of drug-likeness (QED) is 0.665. The maximum atomic E-state index is 8.63. The zero-order valence-corrected chi connectivity index (χ0v) is 6.91. The molecule has 1 aromatic rings. The van der Waals surface area contributed by atoms with Gasteiger partial charge in [-0.3, -0.25) is 0 Å². The lowest BCUT2D eigenvalue weighted by atomic mass is 10.3. The molecule has 4 heteroatoms. The molecule has 62 valence electrons. The van der Waals surface area contributed by atoms with Crippen molar-refractivity contribution in [1.82, 2.24) is 9.78 Å². The van der Waals surface area contributed by atoms with Crippen LogP contribution in [0.15, 0.2) is 6.20 Å². The predicted octanol–water partition coefficient (Wildman–Crippen LogP) is 0.846. The van der Waals surface area contributed by atoms with Crippen LogP contribution in [0.1, 0.15) is 25.3 Å². The van der Waals surface area contributed by atoms with Crippen molar-refractivity contribution in [3.8, 4) is 6.07 Å². The number of nitrogens with zero attached hydrogens (tertiary/aromatic N) is 3. The van der Waals surface area contributed by atoms with Crippen LogP contribution in [-0.2, 0) is 5.54 Å². The molecule has 0 saturated heterocycles. The van der Waals surface area contributed by atoms with E-state index in [0.29, 0.717) is 11.4 Å². The SMILES string of the molecule is CC1(n2ncc(C#N)c2N)CC1. The van der Waals surface area contributed by atoms with E-state index < -0.39 is 0 Å². The average molecular weight is 162 g/mol. The molecule has 1 saturated carbocycles. The summed E-state index contributed by atoms with van der Waals surface area (Å²) in [7, 11) is 0. The lowest BCUT2D eigenvalue weighted by Gasteiger charge is -2.10. The minimum absolute atomic E-state index is 0.0825. The van der Waals surface area contributed by atoms with Gasteiger partial charge < -0.3 is 5.73 Å². The van der Waals surface area contributed by atoms with E-state index in [-0.39, 0.29) is 5.54 Å². The highest BCUT2D eigenvalue weighted by Crippen LogP contribution is 2.43. The highest BCUT2D eigenvalue weighted by Gasteiger charge is 2.41. The van der Waals surface area contributed by atoms with Gasteiger partial charge in [0.25, 0.3) is 0 Å². The Kier molecular flexibility index (Phi) is 1.20. The maximum Gasteiger partial charge on any atom is 0.140 e. The van der Waals surface area contributed by atoms with E-state index in [2.05, 4.69) is 12.0 Å². The van der Waals surface area contributed by atoms with Crippen molar-refractivity contribution in [2.75, 3.05) is 5.73 Å². The Balaban J connectivity index is 2.47. The van der Waals surface area contributed by atoms with Gasteiger partial charge >= 0.3 is 0 Å². The Labute approximate surface area is 70.6 Å². The molecule has 0 aromatic carbocycles. The van der Waals surface area contributed by atoms with Crippen molar-refractivity contribution in [2.45, 2.75) is 25.3 Å². The summed E-state index contributed by atoms with van der Waals surface area (Å²) >= 11 is 0. The summed E-state index contributed by atoms with van der Waals surface area (Å²) in [6.45, 7) is 2.09. The average Bonchev–Trinajstić information content (AvgIpc) is 2.65. The molecule has 1 heterocycles. The largest absolute Gasteiger partial charge is 0.383 e. The zero-order chi connectivity index (χ0) is 8.77. The van der Waals surface area contributed by atoms with Gasteiger partial charge in [0, 0.05) is 0 Å². The third kappa shape index (κ3) is 0.797. The highest BCUT2D eigenvalue weighted by molar-refractivity contribution is 5.48. The number of aromatic nitrogens is 2. The summed E-state index contributed by atoms with van der Waals surface area (Å²) in [6.07, 6.45) is 3.73. The van der Waals surface area contributed by atoms with Gasteiger partial charge in [0.15, 0.2) is 0 Å². The molecule has 0 spiro atoms. The fraction of sp³-hybridized carbons (Fsp3) is 0.500. The fourth-order valence-corrected chi connectivity index (χ4v) is 1.27. The third-order valence-electron chi connectivity index (χ3n) is 2.41. The molecular formula is C8H10N4. The van der Waals surface area contributed by atoms with Crippen molar-refractivity contribution in [3.63, 3.8) is 0 Å². The van der Waals surface area contributed by atoms with Gasteiger partial charge in [-0.05, 0) is 19.8 Å². The molecule has 0 atom stereocenters. The second kappa shape index (κ2) is 2.01. The van der Waals surface area contributed by atoms with E-state index in [1.165, 1.54) is 6.20 Å². The molecule has 0 aliphatic heterocycles. The number of nitriles is 1. The fourth-order valence-electron chi connectivity index (χ4n) is 1.27. The van der Waals surface area contributed by atoms with Crippen LogP contribution in [0.5, 0.6) is 0 Å². The Bertz CT molecular complexity index is 354. The van der Waals surface area contributed by atoms with E-state index in [0.717, 1.165) is 12.8 Å². The summed E-state index contributed by atoms with van der Waals surface area (Å²) < 4.78 is 1.76. The lowest BCUT2D eigenvalue weighted by Crippen LogP contribution is -2.16. The molecule has 0 amide bonds. The molecule has 1 aliphatic carbocycles. The summed E-state index contributed by atoms with van der Waals surface area (Å²) in [5.41, 5.74) is 6.28. The van der Waals surface area contributed by atoms with Crippen LogP contribution < -0.4 is 5.73 Å². The van der Waals surface area contributed by atoms with Crippen molar-refractivity contribution in [2.24, 2.45) is 0 Å². The summed E-state index contributed by atoms with van der Waals surface area (Å²) in [5.74, 6) is 0.498. The van der Waals surface area contributed by atoms with E-state index in [9.17, 15) is 0 Å². The standard InChI is InChI=1S/C8H10N4/c1-8(2-3-8)12-7(10)6(4-9)5-11-12/h5H,2-3,10H2,1H3. The maximum absolute atomic E-state index is 8.63. The van der Waals surface area contributed by atoms with Crippen molar-refractivity contribution < 1.29 is 0 Å². The topological polar surface area (TPSA) is 67.6 Å². The molecule has 1 aromatic heterocycles. The van der Waals surface area contributed by atoms with Gasteiger partial charge in [-0.1, -0.05) is 0 Å². The van der Waals surface area contributed by atoms with Gasteiger partial charge in [-0.2, -0.15) is 10.4 Å². The Morgan fingerprint density at radius 3 is 2.83 bits per heavy atom. The lowest BCUT2D eigenvalue weighted by molar-refractivity contribution is 0.480.